The van der Waals surface area contributed by atoms with E-state index in [1.165, 1.54) is 31.2 Å². The van der Waals surface area contributed by atoms with Crippen molar-refractivity contribution >= 4 is 21.8 Å². The number of sulfonamides is 1. The number of hydrogen-bond donors (Lipinski definition) is 2. The highest BCUT2D eigenvalue weighted by Gasteiger charge is 2.14. The Kier molecular flexibility index (Phi) is 5.81. The predicted octanol–water partition coefficient (Wildman–Crippen LogP) is 0.269. The summed E-state index contributed by atoms with van der Waals surface area (Å²) in [6.45, 7) is 0.748. The molecule has 0 spiro atoms. The summed E-state index contributed by atoms with van der Waals surface area (Å²) < 4.78 is 30.8. The van der Waals surface area contributed by atoms with Gasteiger partial charge in [0.05, 0.1) is 11.5 Å². The number of carboxylic acids is 1. The van der Waals surface area contributed by atoms with E-state index in [4.69, 9.17) is 9.84 Å². The van der Waals surface area contributed by atoms with E-state index in [0.29, 0.717) is 5.56 Å². The molecule has 0 bridgehead atoms. The molecule has 1 rings (SSSR count). The maximum Gasteiger partial charge on any atom is 0.329 e. The molecule has 110 valence electrons. The molecule has 0 aromatic heterocycles. The average Bonchev–Trinajstić information content (AvgIpc) is 2.38. The summed E-state index contributed by atoms with van der Waals surface area (Å²) in [6.07, 6.45) is 0. The van der Waals surface area contributed by atoms with Gasteiger partial charge in [0, 0.05) is 12.1 Å². The molecule has 0 aliphatic heterocycles. The van der Waals surface area contributed by atoms with E-state index in [9.17, 15) is 18.0 Å². The van der Waals surface area contributed by atoms with Crippen LogP contribution in [0.4, 0.5) is 0 Å². The van der Waals surface area contributed by atoms with E-state index in [1.54, 1.807) is 0 Å². The van der Waals surface area contributed by atoms with Crippen molar-refractivity contribution in [1.29, 1.82) is 0 Å². The topological polar surface area (TPSA) is 110 Å². The van der Waals surface area contributed by atoms with Crippen molar-refractivity contribution in [2.75, 3.05) is 19.8 Å². The lowest BCUT2D eigenvalue weighted by atomic mass is 10.2. The molecule has 1 aromatic rings. The Balaban J connectivity index is 2.62. The van der Waals surface area contributed by atoms with Crippen LogP contribution in [0.25, 0.3) is 0 Å². The van der Waals surface area contributed by atoms with Crippen molar-refractivity contribution in [2.45, 2.75) is 11.8 Å². The van der Waals surface area contributed by atoms with E-state index in [0.717, 1.165) is 0 Å². The molecule has 0 saturated carbocycles. The second kappa shape index (κ2) is 7.13. The molecule has 0 fully saturated rings. The number of nitrogens with one attached hydrogen (secondary N) is 1. The SMILES string of the molecule is CC(=O)c1cccc(S(=O)(=O)NCCOCC(=O)O)c1. The van der Waals surface area contributed by atoms with Crippen molar-refractivity contribution in [3.63, 3.8) is 0 Å². The lowest BCUT2D eigenvalue weighted by molar-refractivity contribution is -0.142. The van der Waals surface area contributed by atoms with Crippen LogP contribution < -0.4 is 4.72 Å². The second-order valence-corrected chi connectivity index (χ2v) is 5.70. The number of carbonyl (C=O) groups excluding carboxylic acids is 1. The minimum atomic E-state index is -3.75. The summed E-state index contributed by atoms with van der Waals surface area (Å²) in [5.41, 5.74) is 0.301. The minimum Gasteiger partial charge on any atom is -0.480 e. The molecule has 0 radical (unpaired) electrons. The Morgan fingerprint density at radius 1 is 1.35 bits per heavy atom. The number of aliphatic carboxylic acids is 1. The normalized spacial score (nSPS) is 11.2. The lowest BCUT2D eigenvalue weighted by Gasteiger charge is -2.07. The van der Waals surface area contributed by atoms with Crippen molar-refractivity contribution < 1.29 is 27.9 Å². The zero-order chi connectivity index (χ0) is 15.2. The van der Waals surface area contributed by atoms with Crippen LogP contribution in [0.3, 0.4) is 0 Å². The van der Waals surface area contributed by atoms with Crippen LogP contribution in [0.15, 0.2) is 29.2 Å². The first-order chi connectivity index (χ1) is 9.33. The van der Waals surface area contributed by atoms with Crippen molar-refractivity contribution in [1.82, 2.24) is 4.72 Å². The van der Waals surface area contributed by atoms with Crippen LogP contribution in [0, 0.1) is 0 Å². The number of benzene rings is 1. The van der Waals surface area contributed by atoms with Crippen LogP contribution in [-0.2, 0) is 19.6 Å². The van der Waals surface area contributed by atoms with Gasteiger partial charge in [-0.1, -0.05) is 12.1 Å². The standard InChI is InChI=1S/C12H15NO6S/c1-9(14)10-3-2-4-11(7-10)20(17,18)13-5-6-19-8-12(15)16/h2-4,7,13H,5-6,8H2,1H3,(H,15,16). The summed E-state index contributed by atoms with van der Waals surface area (Å²) in [7, 11) is -3.75. The van der Waals surface area contributed by atoms with E-state index >= 15 is 0 Å². The first-order valence-corrected chi connectivity index (χ1v) is 7.21. The molecular formula is C12H15NO6S. The Labute approximate surface area is 116 Å². The smallest absolute Gasteiger partial charge is 0.329 e. The van der Waals surface area contributed by atoms with Gasteiger partial charge in [-0.3, -0.25) is 4.79 Å². The predicted molar refractivity (Wildman–Crippen MR) is 70.1 cm³/mol. The molecule has 0 atom stereocenters. The molecule has 0 heterocycles. The Bertz CT molecular complexity index is 596. The van der Waals surface area contributed by atoms with Gasteiger partial charge in [0.25, 0.3) is 0 Å². The molecule has 1 aromatic carbocycles. The van der Waals surface area contributed by atoms with E-state index < -0.39 is 22.6 Å². The first-order valence-electron chi connectivity index (χ1n) is 5.73. The molecule has 0 saturated heterocycles. The van der Waals surface area contributed by atoms with Crippen LogP contribution in [0.2, 0.25) is 0 Å². The van der Waals surface area contributed by atoms with Gasteiger partial charge >= 0.3 is 5.97 Å². The van der Waals surface area contributed by atoms with Crippen molar-refractivity contribution in [2.24, 2.45) is 0 Å². The van der Waals surface area contributed by atoms with Crippen molar-refractivity contribution in [3.05, 3.63) is 29.8 Å². The number of rotatable bonds is 8. The zero-order valence-electron chi connectivity index (χ0n) is 10.8. The molecule has 8 heteroatoms. The molecule has 0 aliphatic rings. The molecule has 2 N–H and O–H groups in total. The van der Waals surface area contributed by atoms with Crippen LogP contribution in [-0.4, -0.2) is 45.0 Å². The molecule has 20 heavy (non-hydrogen) atoms. The number of Topliss-reactive ketones (excluding diaryl/α,β-unsaturated/α-hetero) is 1. The first kappa shape index (κ1) is 16.3. The van der Waals surface area contributed by atoms with Crippen LogP contribution in [0.5, 0.6) is 0 Å². The highest BCUT2D eigenvalue weighted by Crippen LogP contribution is 2.11. The zero-order valence-corrected chi connectivity index (χ0v) is 11.6. The van der Waals surface area contributed by atoms with Gasteiger partial charge < -0.3 is 9.84 Å². The number of ether oxygens (including phenoxy) is 1. The maximum absolute atomic E-state index is 11.9. The monoisotopic (exact) mass is 301 g/mol. The Morgan fingerprint density at radius 2 is 2.05 bits per heavy atom. The summed E-state index contributed by atoms with van der Waals surface area (Å²) in [6, 6.07) is 5.65. The van der Waals surface area contributed by atoms with E-state index in [2.05, 4.69) is 4.72 Å². The minimum absolute atomic E-state index is 0.0246. The maximum atomic E-state index is 11.9. The molecule has 0 amide bonds. The fraction of sp³-hybridized carbons (Fsp3) is 0.333. The fourth-order valence-corrected chi connectivity index (χ4v) is 2.43. The second-order valence-electron chi connectivity index (χ2n) is 3.93. The lowest BCUT2D eigenvalue weighted by Crippen LogP contribution is -2.28. The summed E-state index contributed by atoms with van der Waals surface area (Å²) >= 11 is 0. The van der Waals surface area contributed by atoms with E-state index in [-0.39, 0.29) is 23.8 Å². The highest BCUT2D eigenvalue weighted by atomic mass is 32.2. The third-order valence-electron chi connectivity index (χ3n) is 2.31. The van der Waals surface area contributed by atoms with Gasteiger partial charge in [-0.25, -0.2) is 17.9 Å². The molecular weight excluding hydrogens is 286 g/mol. The van der Waals surface area contributed by atoms with Gasteiger partial charge in [-0.2, -0.15) is 0 Å². The third-order valence-corrected chi connectivity index (χ3v) is 3.77. The van der Waals surface area contributed by atoms with Gasteiger partial charge in [-0.15, -0.1) is 0 Å². The molecule has 7 nitrogen and oxygen atoms in total. The number of ketones is 1. The van der Waals surface area contributed by atoms with Gasteiger partial charge in [0.2, 0.25) is 10.0 Å². The summed E-state index contributed by atoms with van der Waals surface area (Å²) in [5, 5.41) is 8.34. The van der Waals surface area contributed by atoms with Gasteiger partial charge in [0.15, 0.2) is 5.78 Å². The number of carboxylic acid groups (broad SMARTS) is 1. The Hall–Kier alpha value is -1.77. The quantitative estimate of drug-likeness (QED) is 0.527. The summed E-state index contributed by atoms with van der Waals surface area (Å²) in [5.74, 6) is -1.35. The largest absolute Gasteiger partial charge is 0.480 e. The van der Waals surface area contributed by atoms with Crippen LogP contribution in [0.1, 0.15) is 17.3 Å². The molecule has 0 unspecified atom stereocenters. The van der Waals surface area contributed by atoms with E-state index in [1.807, 2.05) is 0 Å². The fourth-order valence-electron chi connectivity index (χ4n) is 1.37. The summed E-state index contributed by atoms with van der Waals surface area (Å²) in [4.78, 5) is 21.4. The highest BCUT2D eigenvalue weighted by molar-refractivity contribution is 7.89. The number of hydrogen-bond acceptors (Lipinski definition) is 5. The van der Waals surface area contributed by atoms with Crippen molar-refractivity contribution in [3.8, 4) is 0 Å². The van der Waals surface area contributed by atoms with Crippen LogP contribution >= 0.6 is 0 Å². The molecule has 0 aliphatic carbocycles. The number of carbonyl (C=O) groups is 2. The van der Waals surface area contributed by atoms with Gasteiger partial charge in [0.1, 0.15) is 6.61 Å². The average molecular weight is 301 g/mol. The Morgan fingerprint density at radius 3 is 2.65 bits per heavy atom. The van der Waals surface area contributed by atoms with Gasteiger partial charge in [-0.05, 0) is 19.1 Å². The third kappa shape index (κ3) is 5.08.